The molecule has 0 heterocycles. The number of rotatable bonds is 2. The molecule has 0 aliphatic heterocycles. The highest BCUT2D eigenvalue weighted by molar-refractivity contribution is 5.81. The van der Waals surface area contributed by atoms with Crippen LogP contribution in [0.1, 0.15) is 52.9 Å². The summed E-state index contributed by atoms with van der Waals surface area (Å²) in [6, 6.07) is 0. The third kappa shape index (κ3) is 2.45. The Kier molecular flexibility index (Phi) is 2.69. The van der Waals surface area contributed by atoms with Crippen LogP contribution in [0.25, 0.3) is 0 Å². The zero-order valence-electron chi connectivity index (χ0n) is 9.02. The summed E-state index contributed by atoms with van der Waals surface area (Å²) in [4.78, 5) is 11.4. The zero-order chi connectivity index (χ0) is 10.1. The van der Waals surface area contributed by atoms with Crippen molar-refractivity contribution in [2.75, 3.05) is 0 Å². The van der Waals surface area contributed by atoms with Crippen molar-refractivity contribution in [3.8, 4) is 0 Å². The molecule has 1 aliphatic carbocycles. The minimum Gasteiger partial charge on any atom is -0.369 e. The van der Waals surface area contributed by atoms with Crippen LogP contribution in [0.2, 0.25) is 0 Å². The van der Waals surface area contributed by atoms with Crippen molar-refractivity contribution < 1.29 is 4.79 Å². The Morgan fingerprint density at radius 2 is 1.77 bits per heavy atom. The van der Waals surface area contributed by atoms with Gasteiger partial charge in [0, 0.05) is 5.41 Å². The zero-order valence-corrected chi connectivity index (χ0v) is 9.02. The second kappa shape index (κ2) is 3.32. The minimum absolute atomic E-state index is 0.0834. The molecular weight excluding hydrogens is 162 g/mol. The normalized spacial score (nSPS) is 21.8. The molecule has 0 atom stereocenters. The van der Waals surface area contributed by atoms with E-state index in [0.29, 0.717) is 0 Å². The standard InChI is InChI=1S/C11H21NO/c1-10(2,3)8-11(9(12)13)6-4-5-7-11/h4-8H2,1-3H3,(H2,12,13). The summed E-state index contributed by atoms with van der Waals surface area (Å²) in [5, 5.41) is 0. The molecule has 76 valence electrons. The molecule has 1 fully saturated rings. The lowest BCUT2D eigenvalue weighted by Crippen LogP contribution is -2.37. The third-order valence-corrected chi connectivity index (χ3v) is 2.95. The van der Waals surface area contributed by atoms with Crippen molar-refractivity contribution in [1.82, 2.24) is 0 Å². The average Bonchev–Trinajstić information content (AvgIpc) is 2.33. The Labute approximate surface area is 80.9 Å². The molecule has 0 spiro atoms. The summed E-state index contributed by atoms with van der Waals surface area (Å²) in [7, 11) is 0. The number of nitrogens with two attached hydrogens (primary N) is 1. The quantitative estimate of drug-likeness (QED) is 0.702. The van der Waals surface area contributed by atoms with Crippen LogP contribution >= 0.6 is 0 Å². The second-order valence-electron chi connectivity index (χ2n) is 5.59. The lowest BCUT2D eigenvalue weighted by molar-refractivity contribution is -0.129. The number of hydrogen-bond acceptors (Lipinski definition) is 1. The number of primary amides is 1. The molecule has 13 heavy (non-hydrogen) atoms. The van der Waals surface area contributed by atoms with Gasteiger partial charge in [-0.2, -0.15) is 0 Å². The smallest absolute Gasteiger partial charge is 0.223 e. The minimum atomic E-state index is -0.182. The van der Waals surface area contributed by atoms with E-state index >= 15 is 0 Å². The second-order valence-corrected chi connectivity index (χ2v) is 5.59. The highest BCUT2D eigenvalue weighted by atomic mass is 16.1. The Balaban J connectivity index is 2.74. The van der Waals surface area contributed by atoms with Gasteiger partial charge in [0.25, 0.3) is 0 Å². The van der Waals surface area contributed by atoms with Crippen molar-refractivity contribution >= 4 is 5.91 Å². The predicted octanol–water partition coefficient (Wildman–Crippen LogP) is 2.47. The fourth-order valence-corrected chi connectivity index (χ4v) is 2.58. The molecule has 1 rings (SSSR count). The van der Waals surface area contributed by atoms with Crippen molar-refractivity contribution in [3.63, 3.8) is 0 Å². The molecule has 0 saturated heterocycles. The summed E-state index contributed by atoms with van der Waals surface area (Å²) in [6.45, 7) is 6.53. The molecule has 0 unspecified atom stereocenters. The average molecular weight is 183 g/mol. The van der Waals surface area contributed by atoms with E-state index in [1.165, 1.54) is 12.8 Å². The van der Waals surface area contributed by atoms with Gasteiger partial charge < -0.3 is 5.73 Å². The molecule has 1 saturated carbocycles. The van der Waals surface area contributed by atoms with Crippen LogP contribution in [0.5, 0.6) is 0 Å². The highest BCUT2D eigenvalue weighted by Crippen LogP contribution is 2.45. The van der Waals surface area contributed by atoms with Crippen LogP contribution in [0, 0.1) is 10.8 Å². The van der Waals surface area contributed by atoms with Gasteiger partial charge in [-0.15, -0.1) is 0 Å². The Bertz CT molecular complexity index is 197. The molecule has 2 nitrogen and oxygen atoms in total. The molecule has 1 amide bonds. The first kappa shape index (κ1) is 10.6. The molecule has 0 radical (unpaired) electrons. The van der Waals surface area contributed by atoms with Crippen LogP contribution in [-0.4, -0.2) is 5.91 Å². The molecular formula is C11H21NO. The monoisotopic (exact) mass is 183 g/mol. The fraction of sp³-hybridized carbons (Fsp3) is 0.909. The first-order valence-corrected chi connectivity index (χ1v) is 5.16. The van der Waals surface area contributed by atoms with Crippen LogP contribution in [0.15, 0.2) is 0 Å². The molecule has 0 bridgehead atoms. The number of carbonyl (C=O) groups excluding carboxylic acids is 1. The maximum absolute atomic E-state index is 11.4. The first-order valence-electron chi connectivity index (χ1n) is 5.16. The van der Waals surface area contributed by atoms with E-state index in [9.17, 15) is 4.79 Å². The number of carbonyl (C=O) groups is 1. The lowest BCUT2D eigenvalue weighted by atomic mass is 9.72. The van der Waals surface area contributed by atoms with E-state index in [1.54, 1.807) is 0 Å². The molecule has 1 aliphatic rings. The van der Waals surface area contributed by atoms with Gasteiger partial charge in [0.05, 0.1) is 0 Å². The molecule has 0 aromatic carbocycles. The van der Waals surface area contributed by atoms with Gasteiger partial charge in [0.2, 0.25) is 5.91 Å². The van der Waals surface area contributed by atoms with Crippen LogP contribution in [0.3, 0.4) is 0 Å². The number of hydrogen-bond donors (Lipinski definition) is 1. The Morgan fingerprint density at radius 1 is 1.31 bits per heavy atom. The lowest BCUT2D eigenvalue weighted by Gasteiger charge is -2.32. The van der Waals surface area contributed by atoms with Crippen LogP contribution < -0.4 is 5.73 Å². The van der Waals surface area contributed by atoms with Crippen molar-refractivity contribution in [3.05, 3.63) is 0 Å². The van der Waals surface area contributed by atoms with Gasteiger partial charge in [0.1, 0.15) is 0 Å². The summed E-state index contributed by atoms with van der Waals surface area (Å²) < 4.78 is 0. The van der Waals surface area contributed by atoms with Gasteiger partial charge in [-0.3, -0.25) is 4.79 Å². The fourth-order valence-electron chi connectivity index (χ4n) is 2.58. The summed E-state index contributed by atoms with van der Waals surface area (Å²) in [5.41, 5.74) is 5.53. The van der Waals surface area contributed by atoms with Gasteiger partial charge in [0.15, 0.2) is 0 Å². The van der Waals surface area contributed by atoms with Crippen molar-refractivity contribution in [1.29, 1.82) is 0 Å². The predicted molar refractivity (Wildman–Crippen MR) is 54.2 cm³/mol. The number of amides is 1. The van der Waals surface area contributed by atoms with Crippen molar-refractivity contribution in [2.45, 2.75) is 52.9 Å². The van der Waals surface area contributed by atoms with E-state index in [2.05, 4.69) is 20.8 Å². The molecule has 2 heteroatoms. The Hall–Kier alpha value is -0.530. The van der Waals surface area contributed by atoms with Gasteiger partial charge in [-0.05, 0) is 24.7 Å². The first-order chi connectivity index (χ1) is 5.86. The summed E-state index contributed by atoms with van der Waals surface area (Å²) in [6.07, 6.45) is 5.27. The van der Waals surface area contributed by atoms with E-state index in [-0.39, 0.29) is 16.7 Å². The van der Waals surface area contributed by atoms with Crippen LogP contribution in [-0.2, 0) is 4.79 Å². The van der Waals surface area contributed by atoms with Gasteiger partial charge in [-0.1, -0.05) is 33.6 Å². The summed E-state index contributed by atoms with van der Waals surface area (Å²) >= 11 is 0. The highest BCUT2D eigenvalue weighted by Gasteiger charge is 2.41. The topological polar surface area (TPSA) is 43.1 Å². The van der Waals surface area contributed by atoms with Gasteiger partial charge >= 0.3 is 0 Å². The maximum Gasteiger partial charge on any atom is 0.223 e. The maximum atomic E-state index is 11.4. The van der Waals surface area contributed by atoms with E-state index < -0.39 is 0 Å². The SMILES string of the molecule is CC(C)(C)CC1(C(N)=O)CCCC1. The van der Waals surface area contributed by atoms with Gasteiger partial charge in [-0.25, -0.2) is 0 Å². The third-order valence-electron chi connectivity index (χ3n) is 2.95. The largest absolute Gasteiger partial charge is 0.369 e. The Morgan fingerprint density at radius 3 is 2.08 bits per heavy atom. The van der Waals surface area contributed by atoms with E-state index in [4.69, 9.17) is 5.73 Å². The van der Waals surface area contributed by atoms with E-state index in [0.717, 1.165) is 19.3 Å². The van der Waals surface area contributed by atoms with Crippen LogP contribution in [0.4, 0.5) is 0 Å². The van der Waals surface area contributed by atoms with E-state index in [1.807, 2.05) is 0 Å². The molecule has 0 aromatic rings. The molecule has 2 N–H and O–H groups in total. The van der Waals surface area contributed by atoms with Crippen molar-refractivity contribution in [2.24, 2.45) is 16.6 Å². The molecule has 0 aromatic heterocycles. The summed E-state index contributed by atoms with van der Waals surface area (Å²) in [5.74, 6) is -0.0834.